The Balaban J connectivity index is 2.12. The second kappa shape index (κ2) is 6.57. The Kier molecular flexibility index (Phi) is 4.79. The standard InChI is InChI=1S/C16H22N2O2/c1-4-7-18-11-17-9-14(18)10-20-16-6-5-12(2)8-15(16)13(3)19/h5-6,8-9,11,13,19H,4,7,10H2,1-3H3/t13-/m0/s1. The van der Waals surface area contributed by atoms with E-state index in [1.807, 2.05) is 37.6 Å². The summed E-state index contributed by atoms with van der Waals surface area (Å²) in [4.78, 5) is 4.16. The largest absolute Gasteiger partial charge is 0.487 e. The lowest BCUT2D eigenvalue weighted by Gasteiger charge is -2.15. The van der Waals surface area contributed by atoms with Gasteiger partial charge in [0.05, 0.1) is 24.3 Å². The van der Waals surface area contributed by atoms with Gasteiger partial charge in [-0.05, 0) is 32.4 Å². The highest BCUT2D eigenvalue weighted by Crippen LogP contribution is 2.26. The fourth-order valence-electron chi connectivity index (χ4n) is 2.19. The molecule has 0 aliphatic carbocycles. The van der Waals surface area contributed by atoms with Crippen LogP contribution in [0.1, 0.15) is 43.2 Å². The van der Waals surface area contributed by atoms with Gasteiger partial charge in [-0.3, -0.25) is 0 Å². The first-order chi connectivity index (χ1) is 9.61. The van der Waals surface area contributed by atoms with E-state index in [0.717, 1.165) is 35.5 Å². The molecule has 1 heterocycles. The maximum absolute atomic E-state index is 9.83. The van der Waals surface area contributed by atoms with E-state index in [9.17, 15) is 5.11 Å². The molecule has 0 aliphatic rings. The maximum atomic E-state index is 9.83. The van der Waals surface area contributed by atoms with Crippen molar-refractivity contribution in [3.63, 3.8) is 0 Å². The van der Waals surface area contributed by atoms with Crippen molar-refractivity contribution in [1.29, 1.82) is 0 Å². The molecular formula is C16H22N2O2. The molecular weight excluding hydrogens is 252 g/mol. The van der Waals surface area contributed by atoms with Gasteiger partial charge in [0, 0.05) is 12.1 Å². The molecule has 0 aliphatic heterocycles. The van der Waals surface area contributed by atoms with E-state index in [1.165, 1.54) is 0 Å². The van der Waals surface area contributed by atoms with Crippen LogP contribution in [0.2, 0.25) is 0 Å². The van der Waals surface area contributed by atoms with Gasteiger partial charge in [-0.2, -0.15) is 0 Å². The predicted octanol–water partition coefficient (Wildman–Crippen LogP) is 3.23. The Bertz CT molecular complexity index is 561. The zero-order valence-electron chi connectivity index (χ0n) is 12.3. The van der Waals surface area contributed by atoms with Crippen molar-refractivity contribution in [3.05, 3.63) is 47.5 Å². The minimum atomic E-state index is -0.537. The lowest BCUT2D eigenvalue weighted by molar-refractivity contribution is 0.189. The molecule has 2 aromatic rings. The maximum Gasteiger partial charge on any atom is 0.130 e. The summed E-state index contributed by atoms with van der Waals surface area (Å²) < 4.78 is 7.96. The number of aryl methyl sites for hydroxylation is 2. The number of rotatable bonds is 6. The fourth-order valence-corrected chi connectivity index (χ4v) is 2.19. The summed E-state index contributed by atoms with van der Waals surface area (Å²) in [5.41, 5.74) is 2.99. The Morgan fingerprint density at radius 3 is 2.90 bits per heavy atom. The molecule has 0 fully saturated rings. The normalized spacial score (nSPS) is 12.4. The van der Waals surface area contributed by atoms with Crippen LogP contribution in [0.25, 0.3) is 0 Å². The van der Waals surface area contributed by atoms with Gasteiger partial charge < -0.3 is 14.4 Å². The van der Waals surface area contributed by atoms with Crippen LogP contribution in [0, 0.1) is 6.92 Å². The second-order valence-electron chi connectivity index (χ2n) is 5.08. The molecule has 2 rings (SSSR count). The molecule has 1 aromatic heterocycles. The topological polar surface area (TPSA) is 47.3 Å². The van der Waals surface area contributed by atoms with Gasteiger partial charge >= 0.3 is 0 Å². The van der Waals surface area contributed by atoms with Gasteiger partial charge in [-0.15, -0.1) is 0 Å². The fraction of sp³-hybridized carbons (Fsp3) is 0.438. The van der Waals surface area contributed by atoms with Crippen molar-refractivity contribution in [1.82, 2.24) is 9.55 Å². The second-order valence-corrected chi connectivity index (χ2v) is 5.08. The van der Waals surface area contributed by atoms with Crippen LogP contribution in [0.3, 0.4) is 0 Å². The lowest BCUT2D eigenvalue weighted by atomic mass is 10.1. The van der Waals surface area contributed by atoms with Crippen LogP contribution >= 0.6 is 0 Å². The smallest absolute Gasteiger partial charge is 0.130 e. The number of imidazole rings is 1. The predicted molar refractivity (Wildman–Crippen MR) is 78.7 cm³/mol. The number of aliphatic hydroxyl groups is 1. The van der Waals surface area contributed by atoms with Crippen LogP contribution in [-0.4, -0.2) is 14.7 Å². The number of benzene rings is 1. The number of nitrogens with zero attached hydrogens (tertiary/aromatic N) is 2. The average Bonchev–Trinajstić information content (AvgIpc) is 2.85. The Morgan fingerprint density at radius 2 is 2.20 bits per heavy atom. The molecule has 0 saturated heterocycles. The Hall–Kier alpha value is -1.81. The molecule has 0 amide bonds. The van der Waals surface area contributed by atoms with Crippen molar-refractivity contribution in [2.45, 2.75) is 46.4 Å². The third-order valence-corrected chi connectivity index (χ3v) is 3.25. The Morgan fingerprint density at radius 1 is 1.40 bits per heavy atom. The van der Waals surface area contributed by atoms with Crippen molar-refractivity contribution in [3.8, 4) is 5.75 Å². The zero-order chi connectivity index (χ0) is 14.5. The molecule has 108 valence electrons. The third-order valence-electron chi connectivity index (χ3n) is 3.25. The molecule has 0 bridgehead atoms. The highest BCUT2D eigenvalue weighted by molar-refractivity contribution is 5.38. The monoisotopic (exact) mass is 274 g/mol. The quantitative estimate of drug-likeness (QED) is 0.879. The summed E-state index contributed by atoms with van der Waals surface area (Å²) in [6.45, 7) is 7.30. The van der Waals surface area contributed by atoms with Gasteiger partial charge in [0.2, 0.25) is 0 Å². The van der Waals surface area contributed by atoms with Gasteiger partial charge in [-0.1, -0.05) is 18.6 Å². The van der Waals surface area contributed by atoms with E-state index in [0.29, 0.717) is 6.61 Å². The first-order valence-electron chi connectivity index (χ1n) is 7.02. The number of hydrogen-bond donors (Lipinski definition) is 1. The van der Waals surface area contributed by atoms with Gasteiger partial charge in [-0.25, -0.2) is 4.98 Å². The third kappa shape index (κ3) is 3.39. The van der Waals surface area contributed by atoms with E-state index in [1.54, 1.807) is 6.92 Å². The van der Waals surface area contributed by atoms with E-state index >= 15 is 0 Å². The zero-order valence-corrected chi connectivity index (χ0v) is 12.3. The highest BCUT2D eigenvalue weighted by atomic mass is 16.5. The Labute approximate surface area is 120 Å². The summed E-state index contributed by atoms with van der Waals surface area (Å²) in [6.07, 6.45) is 4.18. The van der Waals surface area contributed by atoms with Crippen LogP contribution < -0.4 is 4.74 Å². The van der Waals surface area contributed by atoms with Crippen LogP contribution in [0.15, 0.2) is 30.7 Å². The number of ether oxygens (including phenoxy) is 1. The summed E-state index contributed by atoms with van der Waals surface area (Å²) in [5, 5.41) is 9.83. The van der Waals surface area contributed by atoms with E-state index in [4.69, 9.17) is 4.74 Å². The molecule has 0 spiro atoms. The van der Waals surface area contributed by atoms with E-state index in [2.05, 4.69) is 16.5 Å². The number of hydrogen-bond acceptors (Lipinski definition) is 3. The minimum absolute atomic E-state index is 0.461. The molecule has 4 nitrogen and oxygen atoms in total. The van der Waals surface area contributed by atoms with Crippen molar-refractivity contribution < 1.29 is 9.84 Å². The van der Waals surface area contributed by atoms with Gasteiger partial charge in [0.25, 0.3) is 0 Å². The van der Waals surface area contributed by atoms with Gasteiger partial charge in [0.15, 0.2) is 0 Å². The van der Waals surface area contributed by atoms with Crippen molar-refractivity contribution in [2.24, 2.45) is 0 Å². The molecule has 20 heavy (non-hydrogen) atoms. The van der Waals surface area contributed by atoms with E-state index in [-0.39, 0.29) is 0 Å². The van der Waals surface area contributed by atoms with Crippen molar-refractivity contribution in [2.75, 3.05) is 0 Å². The van der Waals surface area contributed by atoms with Crippen LogP contribution in [0.4, 0.5) is 0 Å². The summed E-state index contributed by atoms with van der Waals surface area (Å²) >= 11 is 0. The molecule has 1 aromatic carbocycles. The minimum Gasteiger partial charge on any atom is -0.487 e. The van der Waals surface area contributed by atoms with Crippen LogP contribution in [0.5, 0.6) is 5.75 Å². The molecule has 1 atom stereocenters. The van der Waals surface area contributed by atoms with Gasteiger partial charge in [0.1, 0.15) is 12.4 Å². The van der Waals surface area contributed by atoms with Crippen molar-refractivity contribution >= 4 is 0 Å². The summed E-state index contributed by atoms with van der Waals surface area (Å²) in [7, 11) is 0. The molecule has 0 radical (unpaired) electrons. The molecule has 0 saturated carbocycles. The lowest BCUT2D eigenvalue weighted by Crippen LogP contribution is -2.06. The summed E-state index contributed by atoms with van der Waals surface area (Å²) in [6, 6.07) is 5.87. The number of aromatic nitrogens is 2. The molecule has 1 N–H and O–H groups in total. The molecule has 0 unspecified atom stereocenters. The molecule has 4 heteroatoms. The average molecular weight is 274 g/mol. The first kappa shape index (κ1) is 14.6. The first-order valence-corrected chi connectivity index (χ1v) is 7.02. The number of aliphatic hydroxyl groups excluding tert-OH is 1. The SMILES string of the molecule is CCCn1cncc1COc1ccc(C)cc1[C@H](C)O. The van der Waals surface area contributed by atoms with Crippen LogP contribution in [-0.2, 0) is 13.2 Å². The van der Waals surface area contributed by atoms with E-state index < -0.39 is 6.10 Å². The highest BCUT2D eigenvalue weighted by Gasteiger charge is 2.10. The summed E-state index contributed by atoms with van der Waals surface area (Å²) in [5.74, 6) is 0.731.